The van der Waals surface area contributed by atoms with Crippen LogP contribution in [0.3, 0.4) is 0 Å². The Labute approximate surface area is 122 Å². The van der Waals surface area contributed by atoms with Gasteiger partial charge in [0.15, 0.2) is 0 Å². The Morgan fingerprint density at radius 1 is 1.16 bits per heavy atom. The molecule has 0 bridgehead atoms. The first kappa shape index (κ1) is 13.5. The molecule has 2 saturated heterocycles. The van der Waals surface area contributed by atoms with Gasteiger partial charge in [-0.3, -0.25) is 9.80 Å². The van der Waals surface area contributed by atoms with Gasteiger partial charge < -0.3 is 0 Å². The number of hydrogen-bond acceptors (Lipinski definition) is 2. The Hall–Kier alpha value is -0.450. The van der Waals surface area contributed by atoms with Crippen molar-refractivity contribution in [3.8, 4) is 0 Å². The Bertz CT molecular complexity index is 432. The number of fused-ring (bicyclic) bond motifs is 1. The number of piperazine rings is 1. The molecular formula is C15H20BrFN2. The zero-order valence-corrected chi connectivity index (χ0v) is 12.7. The highest BCUT2D eigenvalue weighted by atomic mass is 79.9. The molecule has 19 heavy (non-hydrogen) atoms. The first-order valence-electron chi connectivity index (χ1n) is 7.12. The maximum Gasteiger partial charge on any atom is 0.124 e. The summed E-state index contributed by atoms with van der Waals surface area (Å²) in [4.78, 5) is 5.09. The minimum Gasteiger partial charge on any atom is -0.298 e. The van der Waals surface area contributed by atoms with E-state index in [4.69, 9.17) is 0 Å². The van der Waals surface area contributed by atoms with Crippen LogP contribution in [0.15, 0.2) is 22.7 Å². The standard InChI is InChI=1S/C15H20BrFN2/c16-13-7-12(8-14(17)9-13)10-18-5-6-19-4-2-1-3-15(19)11-18/h7-9,15H,1-6,10-11H2/t15-/m0/s1. The third-order valence-corrected chi connectivity index (χ3v) is 4.71. The molecule has 1 aromatic rings. The first-order valence-corrected chi connectivity index (χ1v) is 7.91. The number of benzene rings is 1. The summed E-state index contributed by atoms with van der Waals surface area (Å²) in [6, 6.07) is 5.91. The number of hydrogen-bond donors (Lipinski definition) is 0. The molecule has 2 heterocycles. The molecule has 0 aromatic heterocycles. The molecule has 1 aromatic carbocycles. The topological polar surface area (TPSA) is 6.48 Å². The van der Waals surface area contributed by atoms with Crippen LogP contribution in [0.4, 0.5) is 4.39 Å². The van der Waals surface area contributed by atoms with E-state index in [-0.39, 0.29) is 5.82 Å². The van der Waals surface area contributed by atoms with Gasteiger partial charge in [0.1, 0.15) is 5.82 Å². The predicted octanol–water partition coefficient (Wildman–Crippen LogP) is 3.26. The van der Waals surface area contributed by atoms with E-state index in [2.05, 4.69) is 25.7 Å². The third kappa shape index (κ3) is 3.36. The van der Waals surface area contributed by atoms with Crippen molar-refractivity contribution in [1.82, 2.24) is 9.80 Å². The van der Waals surface area contributed by atoms with E-state index < -0.39 is 0 Å². The molecule has 0 N–H and O–H groups in total. The maximum absolute atomic E-state index is 13.4. The fraction of sp³-hybridized carbons (Fsp3) is 0.600. The van der Waals surface area contributed by atoms with Crippen LogP contribution in [0.2, 0.25) is 0 Å². The van der Waals surface area contributed by atoms with Crippen LogP contribution in [-0.2, 0) is 6.54 Å². The fourth-order valence-electron chi connectivity index (χ4n) is 3.32. The van der Waals surface area contributed by atoms with E-state index in [9.17, 15) is 4.39 Å². The van der Waals surface area contributed by atoms with E-state index >= 15 is 0 Å². The van der Waals surface area contributed by atoms with Crippen molar-refractivity contribution in [2.75, 3.05) is 26.2 Å². The van der Waals surface area contributed by atoms with Gasteiger partial charge in [-0.15, -0.1) is 0 Å². The summed E-state index contributed by atoms with van der Waals surface area (Å²) in [5.74, 6) is -0.152. The van der Waals surface area contributed by atoms with Crippen molar-refractivity contribution in [1.29, 1.82) is 0 Å². The highest BCUT2D eigenvalue weighted by molar-refractivity contribution is 9.10. The minimum atomic E-state index is -0.152. The second kappa shape index (κ2) is 5.90. The molecule has 0 saturated carbocycles. The smallest absolute Gasteiger partial charge is 0.124 e. The van der Waals surface area contributed by atoms with Crippen LogP contribution in [0, 0.1) is 5.82 Å². The quantitative estimate of drug-likeness (QED) is 0.823. The SMILES string of the molecule is Fc1cc(Br)cc(CN2CCN3CCCC[C@H]3C2)c1. The normalized spacial score (nSPS) is 25.3. The van der Waals surface area contributed by atoms with Gasteiger partial charge >= 0.3 is 0 Å². The zero-order chi connectivity index (χ0) is 13.2. The molecule has 0 unspecified atom stereocenters. The highest BCUT2D eigenvalue weighted by Crippen LogP contribution is 2.23. The summed E-state index contributed by atoms with van der Waals surface area (Å²) in [5, 5.41) is 0. The largest absolute Gasteiger partial charge is 0.298 e. The molecule has 3 rings (SSSR count). The Balaban J connectivity index is 1.64. The average Bonchev–Trinajstić information content (AvgIpc) is 2.37. The van der Waals surface area contributed by atoms with Crippen molar-refractivity contribution in [2.24, 2.45) is 0 Å². The molecule has 4 heteroatoms. The summed E-state index contributed by atoms with van der Waals surface area (Å²) < 4.78 is 14.2. The van der Waals surface area contributed by atoms with Crippen molar-refractivity contribution in [3.05, 3.63) is 34.1 Å². The van der Waals surface area contributed by atoms with E-state index in [1.54, 1.807) is 6.07 Å². The van der Waals surface area contributed by atoms with Gasteiger partial charge in [0.05, 0.1) is 0 Å². The average molecular weight is 327 g/mol. The van der Waals surface area contributed by atoms with Gasteiger partial charge in [-0.1, -0.05) is 22.4 Å². The van der Waals surface area contributed by atoms with Crippen LogP contribution in [0.5, 0.6) is 0 Å². The molecule has 104 valence electrons. The van der Waals surface area contributed by atoms with Gasteiger partial charge in [0.25, 0.3) is 0 Å². The van der Waals surface area contributed by atoms with Gasteiger partial charge in [0.2, 0.25) is 0 Å². The van der Waals surface area contributed by atoms with Crippen molar-refractivity contribution < 1.29 is 4.39 Å². The molecule has 1 atom stereocenters. The number of piperidine rings is 1. The lowest BCUT2D eigenvalue weighted by Gasteiger charge is -2.44. The Morgan fingerprint density at radius 3 is 2.89 bits per heavy atom. The summed E-state index contributed by atoms with van der Waals surface area (Å²) in [6.07, 6.45) is 4.04. The summed E-state index contributed by atoms with van der Waals surface area (Å²) in [5.41, 5.74) is 1.07. The number of rotatable bonds is 2. The van der Waals surface area contributed by atoms with Crippen LogP contribution >= 0.6 is 15.9 Å². The van der Waals surface area contributed by atoms with E-state index in [0.717, 1.165) is 35.7 Å². The Morgan fingerprint density at radius 2 is 2.05 bits per heavy atom. The molecule has 2 aliphatic heterocycles. The Kier molecular flexibility index (Phi) is 4.20. The van der Waals surface area contributed by atoms with Crippen LogP contribution in [0.25, 0.3) is 0 Å². The summed E-state index contributed by atoms with van der Waals surface area (Å²) in [7, 11) is 0. The minimum absolute atomic E-state index is 0.152. The molecule has 2 fully saturated rings. The lowest BCUT2D eigenvalue weighted by Crippen LogP contribution is -2.54. The molecule has 0 spiro atoms. The van der Waals surface area contributed by atoms with Gasteiger partial charge in [-0.05, 0) is 43.1 Å². The van der Waals surface area contributed by atoms with Crippen molar-refractivity contribution >= 4 is 15.9 Å². The lowest BCUT2D eigenvalue weighted by molar-refractivity contribution is 0.0456. The van der Waals surface area contributed by atoms with Gasteiger partial charge in [-0.2, -0.15) is 0 Å². The third-order valence-electron chi connectivity index (χ3n) is 4.25. The second-order valence-corrected chi connectivity index (χ2v) is 6.61. The second-order valence-electron chi connectivity index (χ2n) is 5.70. The molecular weight excluding hydrogens is 307 g/mol. The highest BCUT2D eigenvalue weighted by Gasteiger charge is 2.28. The van der Waals surface area contributed by atoms with Crippen LogP contribution in [-0.4, -0.2) is 42.0 Å². The molecule has 0 radical (unpaired) electrons. The van der Waals surface area contributed by atoms with E-state index in [1.165, 1.54) is 38.4 Å². The van der Waals surface area contributed by atoms with Crippen LogP contribution < -0.4 is 0 Å². The molecule has 2 aliphatic rings. The molecule has 0 amide bonds. The first-order chi connectivity index (χ1) is 9.20. The summed E-state index contributed by atoms with van der Waals surface area (Å²) in [6.45, 7) is 5.53. The maximum atomic E-state index is 13.4. The molecule has 2 nitrogen and oxygen atoms in total. The van der Waals surface area contributed by atoms with Crippen molar-refractivity contribution in [3.63, 3.8) is 0 Å². The van der Waals surface area contributed by atoms with Gasteiger partial charge in [0, 0.05) is 36.7 Å². The monoisotopic (exact) mass is 326 g/mol. The van der Waals surface area contributed by atoms with E-state index in [1.807, 2.05) is 6.07 Å². The van der Waals surface area contributed by atoms with Crippen molar-refractivity contribution in [2.45, 2.75) is 31.8 Å². The predicted molar refractivity (Wildman–Crippen MR) is 78.6 cm³/mol. The lowest BCUT2D eigenvalue weighted by atomic mass is 9.99. The van der Waals surface area contributed by atoms with E-state index in [0.29, 0.717) is 0 Å². The summed E-state index contributed by atoms with van der Waals surface area (Å²) >= 11 is 3.37. The van der Waals surface area contributed by atoms with Crippen LogP contribution in [0.1, 0.15) is 24.8 Å². The zero-order valence-electron chi connectivity index (χ0n) is 11.1. The molecule has 0 aliphatic carbocycles. The number of nitrogens with zero attached hydrogens (tertiary/aromatic N) is 2. The fourth-order valence-corrected chi connectivity index (χ4v) is 3.84. The number of halogens is 2. The van der Waals surface area contributed by atoms with Gasteiger partial charge in [-0.25, -0.2) is 4.39 Å².